The predicted molar refractivity (Wildman–Crippen MR) is 49.9 cm³/mol. The lowest BCUT2D eigenvalue weighted by Gasteiger charge is -2.31. The number of hydrogen-bond donors (Lipinski definition) is 2. The predicted octanol–water partition coefficient (Wildman–Crippen LogP) is 1.60. The van der Waals surface area contributed by atoms with Crippen LogP contribution < -0.4 is 0 Å². The molecule has 1 aliphatic carbocycles. The first-order valence-corrected chi connectivity index (χ1v) is 5.01. The molecule has 14 heavy (non-hydrogen) atoms. The van der Waals surface area contributed by atoms with E-state index in [9.17, 15) is 9.59 Å². The van der Waals surface area contributed by atoms with Crippen molar-refractivity contribution in [1.82, 2.24) is 0 Å². The van der Waals surface area contributed by atoms with Gasteiger partial charge in [0.05, 0.1) is 11.8 Å². The zero-order valence-electron chi connectivity index (χ0n) is 8.27. The second kappa shape index (κ2) is 4.44. The Labute approximate surface area is 82.9 Å². The molecular weight excluding hydrogens is 184 g/mol. The van der Waals surface area contributed by atoms with Gasteiger partial charge in [-0.2, -0.15) is 0 Å². The Kier molecular flexibility index (Phi) is 3.49. The summed E-state index contributed by atoms with van der Waals surface area (Å²) >= 11 is 0. The smallest absolute Gasteiger partial charge is 0.306 e. The Hall–Kier alpha value is -1.06. The lowest BCUT2D eigenvalue weighted by molar-refractivity contribution is -0.151. The van der Waals surface area contributed by atoms with Crippen LogP contribution in [0.4, 0.5) is 0 Å². The van der Waals surface area contributed by atoms with Crippen LogP contribution in [0.25, 0.3) is 0 Å². The summed E-state index contributed by atoms with van der Waals surface area (Å²) in [5.41, 5.74) is 0. The Morgan fingerprint density at radius 3 is 2.29 bits per heavy atom. The number of carboxylic acids is 2. The van der Waals surface area contributed by atoms with Crippen LogP contribution in [0.3, 0.4) is 0 Å². The van der Waals surface area contributed by atoms with Crippen LogP contribution >= 0.6 is 0 Å². The van der Waals surface area contributed by atoms with Crippen molar-refractivity contribution in [3.05, 3.63) is 0 Å². The van der Waals surface area contributed by atoms with E-state index in [0.717, 1.165) is 6.42 Å². The number of rotatable bonds is 3. The zero-order valence-corrected chi connectivity index (χ0v) is 8.27. The standard InChI is InChI=1S/C10H16O4/c1-2-6-5-7(9(11)12)3-4-8(6)10(13)14/h6-8H,2-5H2,1H3,(H,11,12)(H,13,14). The summed E-state index contributed by atoms with van der Waals surface area (Å²) in [5.74, 6) is -2.21. The van der Waals surface area contributed by atoms with E-state index < -0.39 is 11.9 Å². The Morgan fingerprint density at radius 2 is 1.86 bits per heavy atom. The van der Waals surface area contributed by atoms with Gasteiger partial charge in [0, 0.05) is 0 Å². The molecule has 1 saturated carbocycles. The number of carboxylic acid groups (broad SMARTS) is 2. The Morgan fingerprint density at radius 1 is 1.21 bits per heavy atom. The molecule has 0 bridgehead atoms. The highest BCUT2D eigenvalue weighted by molar-refractivity contribution is 5.73. The summed E-state index contributed by atoms with van der Waals surface area (Å²) in [4.78, 5) is 21.6. The molecule has 0 amide bonds. The molecule has 2 N–H and O–H groups in total. The van der Waals surface area contributed by atoms with E-state index in [-0.39, 0.29) is 17.8 Å². The topological polar surface area (TPSA) is 74.6 Å². The van der Waals surface area contributed by atoms with Crippen molar-refractivity contribution in [3.8, 4) is 0 Å². The fraction of sp³-hybridized carbons (Fsp3) is 0.800. The second-order valence-corrected chi connectivity index (χ2v) is 3.96. The molecule has 0 saturated heterocycles. The van der Waals surface area contributed by atoms with E-state index in [1.807, 2.05) is 6.92 Å². The monoisotopic (exact) mass is 200 g/mol. The molecule has 1 rings (SSSR count). The molecule has 0 aromatic rings. The van der Waals surface area contributed by atoms with E-state index in [2.05, 4.69) is 0 Å². The van der Waals surface area contributed by atoms with E-state index in [1.165, 1.54) is 0 Å². The lowest BCUT2D eigenvalue weighted by atomic mass is 9.73. The van der Waals surface area contributed by atoms with Gasteiger partial charge >= 0.3 is 11.9 Å². The van der Waals surface area contributed by atoms with Gasteiger partial charge < -0.3 is 10.2 Å². The van der Waals surface area contributed by atoms with Crippen molar-refractivity contribution in [2.45, 2.75) is 32.6 Å². The molecule has 0 radical (unpaired) electrons. The van der Waals surface area contributed by atoms with Crippen LogP contribution in [0.1, 0.15) is 32.6 Å². The molecule has 80 valence electrons. The molecule has 1 aliphatic rings. The van der Waals surface area contributed by atoms with Crippen LogP contribution in [-0.4, -0.2) is 22.2 Å². The number of hydrogen-bond acceptors (Lipinski definition) is 2. The minimum Gasteiger partial charge on any atom is -0.481 e. The Bertz CT molecular complexity index is 236. The molecule has 1 fully saturated rings. The molecule has 3 unspecified atom stereocenters. The summed E-state index contributed by atoms with van der Waals surface area (Å²) in [5, 5.41) is 17.7. The third-order valence-corrected chi connectivity index (χ3v) is 3.17. The maximum Gasteiger partial charge on any atom is 0.306 e. The van der Waals surface area contributed by atoms with Crippen molar-refractivity contribution in [2.75, 3.05) is 0 Å². The highest BCUT2D eigenvalue weighted by Crippen LogP contribution is 2.36. The van der Waals surface area contributed by atoms with Crippen LogP contribution in [0.2, 0.25) is 0 Å². The van der Waals surface area contributed by atoms with Gasteiger partial charge in [-0.1, -0.05) is 13.3 Å². The van der Waals surface area contributed by atoms with Gasteiger partial charge in [0.25, 0.3) is 0 Å². The molecule has 3 atom stereocenters. The van der Waals surface area contributed by atoms with Crippen molar-refractivity contribution >= 4 is 11.9 Å². The fourth-order valence-corrected chi connectivity index (χ4v) is 2.26. The zero-order chi connectivity index (χ0) is 10.7. The van der Waals surface area contributed by atoms with Gasteiger partial charge in [0.2, 0.25) is 0 Å². The molecule has 0 aliphatic heterocycles. The highest BCUT2D eigenvalue weighted by Gasteiger charge is 2.36. The van der Waals surface area contributed by atoms with E-state index in [4.69, 9.17) is 10.2 Å². The van der Waals surface area contributed by atoms with Crippen LogP contribution in [0, 0.1) is 17.8 Å². The quantitative estimate of drug-likeness (QED) is 0.725. The van der Waals surface area contributed by atoms with Gasteiger partial charge in [-0.15, -0.1) is 0 Å². The molecule has 0 aromatic heterocycles. The third kappa shape index (κ3) is 2.25. The number of carbonyl (C=O) groups is 2. The minimum absolute atomic E-state index is 0.0300. The second-order valence-electron chi connectivity index (χ2n) is 3.96. The van der Waals surface area contributed by atoms with Gasteiger partial charge in [-0.25, -0.2) is 0 Å². The molecule has 0 spiro atoms. The van der Waals surface area contributed by atoms with Crippen molar-refractivity contribution < 1.29 is 19.8 Å². The third-order valence-electron chi connectivity index (χ3n) is 3.17. The fourth-order valence-electron chi connectivity index (χ4n) is 2.26. The van der Waals surface area contributed by atoms with Gasteiger partial charge in [-0.05, 0) is 25.2 Å². The molecule has 0 aromatic carbocycles. The van der Waals surface area contributed by atoms with Crippen LogP contribution in [0.5, 0.6) is 0 Å². The van der Waals surface area contributed by atoms with Crippen LogP contribution in [0.15, 0.2) is 0 Å². The first kappa shape index (κ1) is 11.0. The van der Waals surface area contributed by atoms with Crippen LogP contribution in [-0.2, 0) is 9.59 Å². The minimum atomic E-state index is -0.785. The first-order chi connectivity index (χ1) is 6.56. The highest BCUT2D eigenvalue weighted by atomic mass is 16.4. The first-order valence-electron chi connectivity index (χ1n) is 5.01. The Balaban J connectivity index is 2.63. The molecule has 4 heteroatoms. The largest absolute Gasteiger partial charge is 0.481 e. The summed E-state index contributed by atoms with van der Waals surface area (Å²) in [7, 11) is 0. The molecular formula is C10H16O4. The van der Waals surface area contributed by atoms with Gasteiger partial charge in [-0.3, -0.25) is 9.59 Å². The average Bonchev–Trinajstić information content (AvgIpc) is 2.16. The van der Waals surface area contributed by atoms with E-state index in [1.54, 1.807) is 0 Å². The van der Waals surface area contributed by atoms with Crippen molar-refractivity contribution in [2.24, 2.45) is 17.8 Å². The maximum atomic E-state index is 10.9. The molecule has 0 heterocycles. The normalized spacial score (nSPS) is 32.5. The number of aliphatic carboxylic acids is 2. The van der Waals surface area contributed by atoms with E-state index in [0.29, 0.717) is 19.3 Å². The summed E-state index contributed by atoms with van der Waals surface area (Å²) in [6.45, 7) is 1.92. The average molecular weight is 200 g/mol. The maximum absolute atomic E-state index is 10.9. The van der Waals surface area contributed by atoms with Gasteiger partial charge in [0.15, 0.2) is 0 Å². The van der Waals surface area contributed by atoms with Crippen molar-refractivity contribution in [1.29, 1.82) is 0 Å². The van der Waals surface area contributed by atoms with Crippen molar-refractivity contribution in [3.63, 3.8) is 0 Å². The van der Waals surface area contributed by atoms with Gasteiger partial charge in [0.1, 0.15) is 0 Å². The summed E-state index contributed by atoms with van der Waals surface area (Å²) < 4.78 is 0. The summed E-state index contributed by atoms with van der Waals surface area (Å²) in [6, 6.07) is 0. The molecule has 4 nitrogen and oxygen atoms in total. The van der Waals surface area contributed by atoms with E-state index >= 15 is 0 Å². The lowest BCUT2D eigenvalue weighted by Crippen LogP contribution is -2.33. The summed E-state index contributed by atoms with van der Waals surface area (Å²) in [6.07, 6.45) is 2.27. The SMILES string of the molecule is CCC1CC(C(=O)O)CCC1C(=O)O.